The number of likely N-dealkylation sites (N-methyl/N-ethyl adjacent to an activating group) is 1. The Hall–Kier alpha value is -1.38. The van der Waals surface area contributed by atoms with Gasteiger partial charge in [0, 0.05) is 41.2 Å². The van der Waals surface area contributed by atoms with E-state index in [0.29, 0.717) is 0 Å². The van der Waals surface area contributed by atoms with Gasteiger partial charge in [0.05, 0.1) is 16.9 Å². The summed E-state index contributed by atoms with van der Waals surface area (Å²) in [7, 11) is -3.30. The van der Waals surface area contributed by atoms with Crippen LogP contribution in [0.4, 0.5) is 0 Å². The molecule has 1 atom stereocenters. The summed E-state index contributed by atoms with van der Waals surface area (Å²) >= 11 is 0. The molecule has 0 saturated carbocycles. The van der Waals surface area contributed by atoms with E-state index in [1.807, 2.05) is 0 Å². The van der Waals surface area contributed by atoms with E-state index in [4.69, 9.17) is 0 Å². The van der Waals surface area contributed by atoms with Crippen molar-refractivity contribution >= 4 is 16.1 Å². The molecule has 8 heteroatoms. The average Bonchev–Trinajstić information content (AvgIpc) is 2.38. The van der Waals surface area contributed by atoms with Crippen LogP contribution in [0.15, 0.2) is 53.1 Å². The Kier molecular flexibility index (Phi) is 5.54. The molecule has 1 heterocycles. The molecule has 0 saturated heterocycles. The number of nitrogens with zero attached hydrogens (tertiary/aromatic N) is 1. The summed E-state index contributed by atoms with van der Waals surface area (Å²) in [4.78, 5) is 11.7. The number of aliphatic carboxylic acids is 1. The van der Waals surface area contributed by atoms with Gasteiger partial charge in [-0.2, -0.15) is 0 Å². The van der Waals surface area contributed by atoms with Crippen LogP contribution in [0.5, 0.6) is 0 Å². The second-order valence-corrected chi connectivity index (χ2v) is 5.68. The number of hydrogen-bond donors (Lipinski definition) is 0. The third-order valence-electron chi connectivity index (χ3n) is 2.98. The van der Waals surface area contributed by atoms with Gasteiger partial charge < -0.3 is 19.4 Å². The van der Waals surface area contributed by atoms with Crippen LogP contribution in [-0.2, 0) is 37.3 Å². The molecule has 1 aliphatic heterocycles. The molecule has 0 amide bonds. The van der Waals surface area contributed by atoms with Gasteiger partial charge in [0.1, 0.15) is 10.1 Å². The standard InChI is InChI=1S/C13H13NO5S.Ag/c1-14-8-10(13(15)16)12(20(17,18)19)7-11(14)9-5-3-2-4-6-9;/h2-8,11H,1H3,(H,15,16)(H,17,18,19);/p-2. The van der Waals surface area contributed by atoms with Gasteiger partial charge in [-0.05, 0) is 11.6 Å². The summed E-state index contributed by atoms with van der Waals surface area (Å²) < 4.78 is 33.6. The molecule has 0 bridgehead atoms. The third-order valence-corrected chi connectivity index (χ3v) is 3.87. The minimum absolute atomic E-state index is 0. The van der Waals surface area contributed by atoms with Crippen molar-refractivity contribution in [3.8, 4) is 0 Å². The Morgan fingerprint density at radius 1 is 1.24 bits per heavy atom. The van der Waals surface area contributed by atoms with E-state index < -0.39 is 32.6 Å². The third kappa shape index (κ3) is 3.84. The number of carboxylic acid groups (broad SMARTS) is 1. The van der Waals surface area contributed by atoms with E-state index in [9.17, 15) is 22.9 Å². The fourth-order valence-electron chi connectivity index (χ4n) is 2.05. The first-order chi connectivity index (χ1) is 9.30. The minimum atomic E-state index is -4.89. The molecule has 0 spiro atoms. The number of carboxylic acids is 1. The van der Waals surface area contributed by atoms with Crippen LogP contribution in [0.25, 0.3) is 0 Å². The maximum absolute atomic E-state index is 11.2. The maximum atomic E-state index is 11.2. The molecule has 1 aromatic carbocycles. The number of carbonyl (C=O) groups excluding carboxylic acids is 1. The molecule has 117 valence electrons. The number of benzene rings is 1. The predicted octanol–water partition coefficient (Wildman–Crippen LogP) is -0.266. The first-order valence-corrected chi connectivity index (χ1v) is 7.09. The molecule has 1 aromatic rings. The van der Waals surface area contributed by atoms with E-state index in [-0.39, 0.29) is 22.4 Å². The molecule has 2 rings (SSSR count). The van der Waals surface area contributed by atoms with Crippen molar-refractivity contribution in [1.29, 1.82) is 0 Å². The quantitative estimate of drug-likeness (QED) is 0.511. The fourth-order valence-corrected chi connectivity index (χ4v) is 2.75. The molecule has 0 N–H and O–H groups in total. The number of carbonyl (C=O) groups is 1. The fraction of sp³-hybridized carbons (Fsp3) is 0.154. The van der Waals surface area contributed by atoms with Gasteiger partial charge in [-0.1, -0.05) is 30.3 Å². The van der Waals surface area contributed by atoms with Crippen LogP contribution in [-0.4, -0.2) is 30.9 Å². The SMILES string of the molecule is CN1C=C(C(=O)[O-])C(S(=O)(=O)[O-])=CC1c1ccccc1.[Ag]. The number of rotatable bonds is 3. The van der Waals surface area contributed by atoms with Gasteiger partial charge >= 0.3 is 0 Å². The van der Waals surface area contributed by atoms with Crippen molar-refractivity contribution in [3.63, 3.8) is 0 Å². The van der Waals surface area contributed by atoms with Crippen LogP contribution < -0.4 is 5.11 Å². The Morgan fingerprint density at radius 3 is 2.29 bits per heavy atom. The molecule has 1 aliphatic rings. The van der Waals surface area contributed by atoms with E-state index in [2.05, 4.69) is 0 Å². The predicted molar refractivity (Wildman–Crippen MR) is 67.8 cm³/mol. The van der Waals surface area contributed by atoms with Crippen LogP contribution in [0.3, 0.4) is 0 Å². The largest absolute Gasteiger partial charge is 0.744 e. The molecule has 0 aliphatic carbocycles. The molecule has 1 unspecified atom stereocenters. The van der Waals surface area contributed by atoms with E-state index in [1.165, 1.54) is 4.90 Å². The molecule has 6 nitrogen and oxygen atoms in total. The summed E-state index contributed by atoms with van der Waals surface area (Å²) in [5.41, 5.74) is 0.111. The monoisotopic (exact) mass is 400 g/mol. The molecular weight excluding hydrogens is 390 g/mol. The molecule has 0 fully saturated rings. The van der Waals surface area contributed by atoms with E-state index in [1.54, 1.807) is 37.4 Å². The smallest absolute Gasteiger partial charge is 0.124 e. The van der Waals surface area contributed by atoms with Gasteiger partial charge in [-0.25, -0.2) is 8.42 Å². The van der Waals surface area contributed by atoms with E-state index >= 15 is 0 Å². The van der Waals surface area contributed by atoms with Crippen LogP contribution in [0.1, 0.15) is 11.6 Å². The summed E-state index contributed by atoms with van der Waals surface area (Å²) in [6.45, 7) is 0. The van der Waals surface area contributed by atoms with Gasteiger partial charge in [-0.15, -0.1) is 0 Å². The Balaban J connectivity index is 0.00000220. The van der Waals surface area contributed by atoms with Crippen LogP contribution in [0.2, 0.25) is 0 Å². The Bertz CT molecular complexity index is 697. The average molecular weight is 401 g/mol. The molecule has 1 radical (unpaired) electrons. The number of hydrogen-bond acceptors (Lipinski definition) is 6. The van der Waals surface area contributed by atoms with Gasteiger partial charge in [0.25, 0.3) is 0 Å². The van der Waals surface area contributed by atoms with Crippen LogP contribution in [0, 0.1) is 0 Å². The van der Waals surface area contributed by atoms with Crippen molar-refractivity contribution < 1.29 is 45.3 Å². The van der Waals surface area contributed by atoms with Crippen molar-refractivity contribution in [3.05, 3.63) is 58.6 Å². The van der Waals surface area contributed by atoms with Crippen molar-refractivity contribution in [1.82, 2.24) is 4.90 Å². The zero-order chi connectivity index (χ0) is 14.9. The zero-order valence-electron chi connectivity index (χ0n) is 10.8. The topological polar surface area (TPSA) is 101 Å². The molecule has 21 heavy (non-hydrogen) atoms. The second-order valence-electron chi connectivity index (χ2n) is 4.34. The summed E-state index contributed by atoms with van der Waals surface area (Å²) in [6, 6.07) is 8.30. The van der Waals surface area contributed by atoms with Crippen molar-refractivity contribution in [2.75, 3.05) is 7.05 Å². The summed E-state index contributed by atoms with van der Waals surface area (Å²) in [5.74, 6) is -1.70. The molecule has 0 aromatic heterocycles. The van der Waals surface area contributed by atoms with Gasteiger partial charge in [-0.3, -0.25) is 0 Å². The zero-order valence-corrected chi connectivity index (χ0v) is 13.1. The van der Waals surface area contributed by atoms with Crippen LogP contribution >= 0.6 is 0 Å². The first kappa shape index (κ1) is 17.7. The first-order valence-electron chi connectivity index (χ1n) is 5.69. The Labute approximate surface area is 138 Å². The van der Waals surface area contributed by atoms with Gasteiger partial charge in [0.15, 0.2) is 0 Å². The normalized spacial score (nSPS) is 18.4. The van der Waals surface area contributed by atoms with Gasteiger partial charge in [0.2, 0.25) is 0 Å². The van der Waals surface area contributed by atoms with Crippen molar-refractivity contribution in [2.45, 2.75) is 6.04 Å². The molecular formula is C13H11AgNO5S-2. The minimum Gasteiger partial charge on any atom is -0.744 e. The second kappa shape index (κ2) is 6.59. The summed E-state index contributed by atoms with van der Waals surface area (Å²) in [6.07, 6.45) is 2.22. The maximum Gasteiger partial charge on any atom is 0.124 e. The van der Waals surface area contributed by atoms with Crippen molar-refractivity contribution in [2.24, 2.45) is 0 Å². The summed E-state index contributed by atoms with van der Waals surface area (Å²) in [5, 5.41) is 10.9. The van der Waals surface area contributed by atoms with E-state index in [0.717, 1.165) is 17.8 Å². The Morgan fingerprint density at radius 2 is 1.81 bits per heavy atom.